The Hall–Kier alpha value is -2.90. The smallest absolute Gasteiger partial charge is 0.0721 e. The minimum absolute atomic E-state index is 0.648. The van der Waals surface area contributed by atoms with E-state index in [2.05, 4.69) is 98.5 Å². The Balaban J connectivity index is 1.62. The molecule has 1 heteroatoms. The van der Waals surface area contributed by atoms with Gasteiger partial charge in [0, 0.05) is 0 Å². The summed E-state index contributed by atoms with van der Waals surface area (Å²) in [5.74, 6) is 0. The lowest BCUT2D eigenvalue weighted by molar-refractivity contribution is 0.148. The maximum atomic E-state index is 5.66. The SMILES string of the molecule is C=CCc1ccc(-c2ccc(-c3ccc(COCC=CCC)cc3)cc2)cc1. The molecule has 1 nitrogen and oxygen atoms in total. The quantitative estimate of drug-likeness (QED) is 0.286. The maximum Gasteiger partial charge on any atom is 0.0721 e. The Morgan fingerprint density at radius 3 is 1.61 bits per heavy atom. The minimum atomic E-state index is 0.648. The Kier molecular flexibility index (Phi) is 7.40. The molecule has 0 aliphatic heterocycles. The topological polar surface area (TPSA) is 9.23 Å². The fourth-order valence-corrected chi connectivity index (χ4v) is 3.13. The number of benzene rings is 3. The average Bonchev–Trinajstić information content (AvgIpc) is 2.75. The summed E-state index contributed by atoms with van der Waals surface area (Å²) in [7, 11) is 0. The van der Waals surface area contributed by atoms with Crippen LogP contribution >= 0.6 is 0 Å². The molecule has 0 aliphatic rings. The molecule has 0 heterocycles. The third-order valence-electron chi connectivity index (χ3n) is 4.72. The Labute approximate surface area is 169 Å². The molecule has 0 amide bonds. The molecule has 0 saturated heterocycles. The first-order valence-electron chi connectivity index (χ1n) is 9.92. The van der Waals surface area contributed by atoms with E-state index in [9.17, 15) is 0 Å². The van der Waals surface area contributed by atoms with E-state index in [4.69, 9.17) is 4.74 Å². The van der Waals surface area contributed by atoms with E-state index >= 15 is 0 Å². The van der Waals surface area contributed by atoms with Gasteiger partial charge in [-0.25, -0.2) is 0 Å². The molecule has 0 aromatic heterocycles. The van der Waals surface area contributed by atoms with E-state index in [1.54, 1.807) is 0 Å². The number of rotatable bonds is 9. The van der Waals surface area contributed by atoms with Crippen LogP contribution < -0.4 is 0 Å². The van der Waals surface area contributed by atoms with Crippen molar-refractivity contribution in [3.05, 3.63) is 109 Å². The van der Waals surface area contributed by atoms with E-state index in [0.717, 1.165) is 12.8 Å². The summed E-state index contributed by atoms with van der Waals surface area (Å²) in [5.41, 5.74) is 7.42. The zero-order chi connectivity index (χ0) is 19.6. The molecule has 0 atom stereocenters. The summed E-state index contributed by atoms with van der Waals surface area (Å²) in [6, 6.07) is 26.1. The highest BCUT2D eigenvalue weighted by molar-refractivity contribution is 5.70. The van der Waals surface area contributed by atoms with Gasteiger partial charge >= 0.3 is 0 Å². The van der Waals surface area contributed by atoms with Crippen LogP contribution in [0.25, 0.3) is 22.3 Å². The first-order valence-corrected chi connectivity index (χ1v) is 9.92. The number of allylic oxidation sites excluding steroid dienone is 2. The molecule has 0 radical (unpaired) electrons. The predicted molar refractivity (Wildman–Crippen MR) is 120 cm³/mol. The average molecular weight is 369 g/mol. The van der Waals surface area contributed by atoms with Crippen molar-refractivity contribution in [1.82, 2.24) is 0 Å². The van der Waals surface area contributed by atoms with Gasteiger partial charge in [-0.2, -0.15) is 0 Å². The van der Waals surface area contributed by atoms with E-state index in [0.29, 0.717) is 13.2 Å². The summed E-state index contributed by atoms with van der Waals surface area (Å²) in [6.45, 7) is 7.24. The fraction of sp³-hybridized carbons (Fsp3) is 0.185. The second-order valence-corrected chi connectivity index (χ2v) is 6.86. The van der Waals surface area contributed by atoms with Crippen molar-refractivity contribution < 1.29 is 4.74 Å². The van der Waals surface area contributed by atoms with Gasteiger partial charge in [-0.05, 0) is 46.2 Å². The van der Waals surface area contributed by atoms with Gasteiger partial charge in [0.25, 0.3) is 0 Å². The molecule has 3 aromatic carbocycles. The van der Waals surface area contributed by atoms with Crippen LogP contribution in [0.3, 0.4) is 0 Å². The molecule has 0 bridgehead atoms. The van der Waals surface area contributed by atoms with Crippen LogP contribution in [0, 0.1) is 0 Å². The van der Waals surface area contributed by atoms with Crippen LogP contribution in [0.5, 0.6) is 0 Å². The van der Waals surface area contributed by atoms with Gasteiger partial charge in [-0.15, -0.1) is 6.58 Å². The van der Waals surface area contributed by atoms with Crippen LogP contribution in [-0.4, -0.2) is 6.61 Å². The standard InChI is InChI=1S/C27H28O/c1-3-5-6-20-28-21-23-10-14-25(15-11-23)27-18-16-26(17-19-27)24-12-8-22(7-4-2)9-13-24/h4-6,8-19H,2-3,7,20-21H2,1H3. The predicted octanol–water partition coefficient (Wildman–Crippen LogP) is 7.23. The summed E-state index contributed by atoms with van der Waals surface area (Å²) in [4.78, 5) is 0. The minimum Gasteiger partial charge on any atom is -0.373 e. The molecular weight excluding hydrogens is 340 g/mol. The van der Waals surface area contributed by atoms with Crippen LogP contribution in [0.1, 0.15) is 24.5 Å². The lowest BCUT2D eigenvalue weighted by Gasteiger charge is -2.07. The van der Waals surface area contributed by atoms with Crippen LogP contribution in [0.2, 0.25) is 0 Å². The van der Waals surface area contributed by atoms with Gasteiger partial charge in [0.15, 0.2) is 0 Å². The molecule has 28 heavy (non-hydrogen) atoms. The van der Waals surface area contributed by atoms with Crippen molar-refractivity contribution in [3.8, 4) is 22.3 Å². The molecule has 0 fully saturated rings. The lowest BCUT2D eigenvalue weighted by Crippen LogP contribution is -1.92. The summed E-state index contributed by atoms with van der Waals surface area (Å²) in [6.07, 6.45) is 8.10. The summed E-state index contributed by atoms with van der Waals surface area (Å²) in [5, 5.41) is 0. The van der Waals surface area contributed by atoms with Gasteiger partial charge in [0.1, 0.15) is 0 Å². The molecule has 3 rings (SSSR count). The van der Waals surface area contributed by atoms with E-state index < -0.39 is 0 Å². The first kappa shape index (κ1) is 19.9. The van der Waals surface area contributed by atoms with E-state index in [1.165, 1.54) is 33.4 Å². The molecule has 3 aromatic rings. The van der Waals surface area contributed by atoms with Crippen molar-refractivity contribution in [2.24, 2.45) is 0 Å². The summed E-state index contributed by atoms with van der Waals surface area (Å²) < 4.78 is 5.66. The number of hydrogen-bond donors (Lipinski definition) is 0. The second-order valence-electron chi connectivity index (χ2n) is 6.86. The van der Waals surface area contributed by atoms with Crippen molar-refractivity contribution in [2.75, 3.05) is 6.61 Å². The van der Waals surface area contributed by atoms with Gasteiger partial charge in [0.2, 0.25) is 0 Å². The molecule has 0 spiro atoms. The monoisotopic (exact) mass is 368 g/mol. The maximum absolute atomic E-state index is 5.66. The third kappa shape index (κ3) is 5.55. The Morgan fingerprint density at radius 1 is 0.679 bits per heavy atom. The molecule has 0 saturated carbocycles. The third-order valence-corrected chi connectivity index (χ3v) is 4.72. The van der Waals surface area contributed by atoms with Crippen molar-refractivity contribution >= 4 is 0 Å². The largest absolute Gasteiger partial charge is 0.373 e. The van der Waals surface area contributed by atoms with Crippen molar-refractivity contribution in [2.45, 2.75) is 26.4 Å². The first-order chi connectivity index (χ1) is 13.8. The number of hydrogen-bond acceptors (Lipinski definition) is 1. The van der Waals surface area contributed by atoms with Gasteiger partial charge < -0.3 is 4.74 Å². The fourth-order valence-electron chi connectivity index (χ4n) is 3.13. The van der Waals surface area contributed by atoms with Crippen LogP contribution in [-0.2, 0) is 17.8 Å². The molecule has 142 valence electrons. The van der Waals surface area contributed by atoms with Crippen molar-refractivity contribution in [3.63, 3.8) is 0 Å². The highest BCUT2D eigenvalue weighted by Crippen LogP contribution is 2.25. The highest BCUT2D eigenvalue weighted by atomic mass is 16.5. The van der Waals surface area contributed by atoms with Gasteiger partial charge in [0.05, 0.1) is 13.2 Å². The van der Waals surface area contributed by atoms with E-state index in [-0.39, 0.29) is 0 Å². The van der Waals surface area contributed by atoms with Gasteiger partial charge in [-0.1, -0.05) is 97.9 Å². The van der Waals surface area contributed by atoms with Crippen LogP contribution in [0.4, 0.5) is 0 Å². The highest BCUT2D eigenvalue weighted by Gasteiger charge is 2.02. The van der Waals surface area contributed by atoms with E-state index in [1.807, 2.05) is 6.08 Å². The molecule has 0 aliphatic carbocycles. The molecular formula is C27H28O. The molecule has 0 unspecified atom stereocenters. The van der Waals surface area contributed by atoms with Crippen LogP contribution in [0.15, 0.2) is 97.6 Å². The zero-order valence-corrected chi connectivity index (χ0v) is 16.6. The Bertz CT molecular complexity index is 885. The zero-order valence-electron chi connectivity index (χ0n) is 16.6. The number of ether oxygens (including phenoxy) is 1. The summed E-state index contributed by atoms with van der Waals surface area (Å²) >= 11 is 0. The second kappa shape index (κ2) is 10.4. The van der Waals surface area contributed by atoms with Crippen molar-refractivity contribution in [1.29, 1.82) is 0 Å². The Morgan fingerprint density at radius 2 is 1.14 bits per heavy atom. The lowest BCUT2D eigenvalue weighted by atomic mass is 9.99. The van der Waals surface area contributed by atoms with Gasteiger partial charge in [-0.3, -0.25) is 0 Å². The molecule has 0 N–H and O–H groups in total. The normalized spacial score (nSPS) is 11.0.